The molecule has 25 heavy (non-hydrogen) atoms. The zero-order valence-corrected chi connectivity index (χ0v) is 14.8. The van der Waals surface area contributed by atoms with E-state index in [9.17, 15) is 14.0 Å². The van der Waals surface area contributed by atoms with Gasteiger partial charge in [0.15, 0.2) is 6.10 Å². The Morgan fingerprint density at radius 1 is 1.04 bits per heavy atom. The number of benzene rings is 2. The lowest BCUT2D eigenvalue weighted by molar-refractivity contribution is -0.123. The molecule has 0 fully saturated rings. The summed E-state index contributed by atoms with van der Waals surface area (Å²) in [6.07, 6.45) is -1.05. The van der Waals surface area contributed by atoms with Crippen LogP contribution in [-0.4, -0.2) is 18.0 Å². The number of amides is 1. The highest BCUT2D eigenvalue weighted by Crippen LogP contribution is 2.22. The Balaban J connectivity index is 1.99. The van der Waals surface area contributed by atoms with Crippen molar-refractivity contribution in [2.75, 3.05) is 5.32 Å². The average Bonchev–Trinajstić information content (AvgIpc) is 2.56. The molecule has 0 aliphatic carbocycles. The SMILES string of the molecule is C[C@@H](OC(=O)c1ccc(C(C)(C)C)cc1)C(=O)Nc1ccccc1F. The maximum Gasteiger partial charge on any atom is 0.338 e. The van der Waals surface area contributed by atoms with Crippen LogP contribution in [0.3, 0.4) is 0 Å². The van der Waals surface area contributed by atoms with Gasteiger partial charge in [-0.15, -0.1) is 0 Å². The fourth-order valence-corrected chi connectivity index (χ4v) is 2.19. The maximum atomic E-state index is 13.6. The van der Waals surface area contributed by atoms with Gasteiger partial charge in [-0.3, -0.25) is 4.79 Å². The van der Waals surface area contributed by atoms with Crippen molar-refractivity contribution in [3.8, 4) is 0 Å². The second-order valence-electron chi connectivity index (χ2n) is 6.84. The molecule has 4 nitrogen and oxygen atoms in total. The van der Waals surface area contributed by atoms with Crippen molar-refractivity contribution < 1.29 is 18.7 Å². The molecule has 0 saturated carbocycles. The Bertz CT molecular complexity index is 763. The molecule has 0 radical (unpaired) electrons. The summed E-state index contributed by atoms with van der Waals surface area (Å²) in [5, 5.41) is 2.40. The first-order chi connectivity index (χ1) is 11.7. The van der Waals surface area contributed by atoms with Crippen LogP contribution in [0.15, 0.2) is 48.5 Å². The van der Waals surface area contributed by atoms with Crippen LogP contribution in [0.25, 0.3) is 0 Å². The van der Waals surface area contributed by atoms with Crippen LogP contribution in [-0.2, 0) is 14.9 Å². The fraction of sp³-hybridized carbons (Fsp3) is 0.300. The summed E-state index contributed by atoms with van der Waals surface area (Å²) in [6, 6.07) is 12.9. The van der Waals surface area contributed by atoms with Crippen molar-refractivity contribution in [2.24, 2.45) is 0 Å². The Morgan fingerprint density at radius 2 is 1.64 bits per heavy atom. The number of para-hydroxylation sites is 1. The van der Waals surface area contributed by atoms with Crippen LogP contribution in [0.5, 0.6) is 0 Å². The summed E-state index contributed by atoms with van der Waals surface area (Å²) in [6.45, 7) is 7.68. The van der Waals surface area contributed by atoms with E-state index >= 15 is 0 Å². The summed E-state index contributed by atoms with van der Waals surface area (Å²) < 4.78 is 18.7. The molecule has 2 rings (SSSR count). The number of carbonyl (C=O) groups is 2. The van der Waals surface area contributed by atoms with E-state index in [0.29, 0.717) is 5.56 Å². The molecule has 2 aromatic rings. The minimum atomic E-state index is -1.05. The molecule has 0 saturated heterocycles. The number of ether oxygens (including phenoxy) is 1. The van der Waals surface area contributed by atoms with Crippen LogP contribution in [0, 0.1) is 5.82 Å². The molecule has 2 aromatic carbocycles. The lowest BCUT2D eigenvalue weighted by Crippen LogP contribution is -2.30. The van der Waals surface area contributed by atoms with Gasteiger partial charge in [0.25, 0.3) is 5.91 Å². The molecular weight excluding hydrogens is 321 g/mol. The summed E-state index contributed by atoms with van der Waals surface area (Å²) in [4.78, 5) is 24.2. The summed E-state index contributed by atoms with van der Waals surface area (Å²) >= 11 is 0. The minimum absolute atomic E-state index is 0.0185. The second kappa shape index (κ2) is 7.47. The van der Waals surface area contributed by atoms with Gasteiger partial charge in [0.2, 0.25) is 0 Å². The van der Waals surface area contributed by atoms with E-state index in [0.717, 1.165) is 5.56 Å². The largest absolute Gasteiger partial charge is 0.449 e. The van der Waals surface area contributed by atoms with Crippen molar-refractivity contribution in [1.82, 2.24) is 0 Å². The number of esters is 1. The third-order valence-corrected chi connectivity index (χ3v) is 3.77. The summed E-state index contributed by atoms with van der Waals surface area (Å²) in [5.41, 5.74) is 1.48. The van der Waals surface area contributed by atoms with Crippen molar-refractivity contribution in [3.05, 3.63) is 65.5 Å². The Kier molecular flexibility index (Phi) is 5.57. The molecule has 0 unspecified atom stereocenters. The van der Waals surface area contributed by atoms with E-state index in [2.05, 4.69) is 26.1 Å². The molecule has 5 heteroatoms. The Hall–Kier alpha value is -2.69. The van der Waals surface area contributed by atoms with Gasteiger partial charge < -0.3 is 10.1 Å². The van der Waals surface area contributed by atoms with E-state index < -0.39 is 23.8 Å². The fourth-order valence-electron chi connectivity index (χ4n) is 2.19. The standard InChI is InChI=1S/C20H22FNO3/c1-13(18(23)22-17-8-6-5-7-16(17)21)25-19(24)14-9-11-15(12-10-14)20(2,3)4/h5-13H,1-4H3,(H,22,23)/t13-/m1/s1. The van der Waals surface area contributed by atoms with Gasteiger partial charge in [0, 0.05) is 0 Å². The number of halogens is 1. The molecule has 0 aromatic heterocycles. The number of anilines is 1. The first-order valence-electron chi connectivity index (χ1n) is 8.05. The van der Waals surface area contributed by atoms with Gasteiger partial charge in [-0.1, -0.05) is 45.0 Å². The lowest BCUT2D eigenvalue weighted by atomic mass is 9.87. The van der Waals surface area contributed by atoms with E-state index in [1.807, 2.05) is 12.1 Å². The van der Waals surface area contributed by atoms with Crippen LogP contribution in [0.4, 0.5) is 10.1 Å². The van der Waals surface area contributed by atoms with Crippen LogP contribution >= 0.6 is 0 Å². The second-order valence-corrected chi connectivity index (χ2v) is 6.84. The van der Waals surface area contributed by atoms with E-state index in [1.165, 1.54) is 25.1 Å². The van der Waals surface area contributed by atoms with E-state index in [4.69, 9.17) is 4.74 Å². The Labute approximate surface area is 147 Å². The van der Waals surface area contributed by atoms with Gasteiger partial charge in [-0.2, -0.15) is 0 Å². The van der Waals surface area contributed by atoms with Crippen molar-refractivity contribution in [1.29, 1.82) is 0 Å². The zero-order valence-electron chi connectivity index (χ0n) is 14.8. The van der Waals surface area contributed by atoms with E-state index in [1.54, 1.807) is 18.2 Å². The first-order valence-corrected chi connectivity index (χ1v) is 8.05. The molecule has 1 N–H and O–H groups in total. The summed E-state index contributed by atoms with van der Waals surface area (Å²) in [7, 11) is 0. The Morgan fingerprint density at radius 3 is 2.20 bits per heavy atom. The third-order valence-electron chi connectivity index (χ3n) is 3.77. The van der Waals surface area contributed by atoms with Crippen molar-refractivity contribution in [2.45, 2.75) is 39.2 Å². The number of rotatable bonds is 4. The molecule has 0 aliphatic rings. The number of hydrogen-bond acceptors (Lipinski definition) is 3. The number of carbonyl (C=O) groups excluding carboxylic acids is 2. The molecule has 0 aliphatic heterocycles. The smallest absolute Gasteiger partial charge is 0.338 e. The number of nitrogens with one attached hydrogen (secondary N) is 1. The predicted molar refractivity (Wildman–Crippen MR) is 95.0 cm³/mol. The van der Waals surface area contributed by atoms with Crippen molar-refractivity contribution >= 4 is 17.6 Å². The highest BCUT2D eigenvalue weighted by atomic mass is 19.1. The molecule has 132 valence electrons. The van der Waals surface area contributed by atoms with Crippen LogP contribution in [0.1, 0.15) is 43.6 Å². The van der Waals surface area contributed by atoms with Gasteiger partial charge in [-0.05, 0) is 42.2 Å². The molecular formula is C20H22FNO3. The molecule has 0 spiro atoms. The first kappa shape index (κ1) is 18.6. The number of hydrogen-bond donors (Lipinski definition) is 1. The van der Waals surface area contributed by atoms with Crippen LogP contribution < -0.4 is 5.32 Å². The normalized spacial score (nSPS) is 12.4. The van der Waals surface area contributed by atoms with Gasteiger partial charge in [0.1, 0.15) is 5.82 Å². The molecule has 0 heterocycles. The quantitative estimate of drug-likeness (QED) is 0.842. The lowest BCUT2D eigenvalue weighted by Gasteiger charge is -2.19. The van der Waals surface area contributed by atoms with Gasteiger partial charge in [-0.25, -0.2) is 9.18 Å². The van der Waals surface area contributed by atoms with E-state index in [-0.39, 0.29) is 11.1 Å². The predicted octanol–water partition coefficient (Wildman–Crippen LogP) is 4.31. The minimum Gasteiger partial charge on any atom is -0.449 e. The van der Waals surface area contributed by atoms with Crippen LogP contribution in [0.2, 0.25) is 0 Å². The van der Waals surface area contributed by atoms with Gasteiger partial charge in [0.05, 0.1) is 11.3 Å². The van der Waals surface area contributed by atoms with Gasteiger partial charge >= 0.3 is 5.97 Å². The monoisotopic (exact) mass is 343 g/mol. The third kappa shape index (κ3) is 4.89. The molecule has 0 bridgehead atoms. The summed E-state index contributed by atoms with van der Waals surface area (Å²) in [5.74, 6) is -1.74. The topological polar surface area (TPSA) is 55.4 Å². The maximum absolute atomic E-state index is 13.6. The highest BCUT2D eigenvalue weighted by Gasteiger charge is 2.20. The average molecular weight is 343 g/mol. The molecule has 1 amide bonds. The molecule has 1 atom stereocenters. The van der Waals surface area contributed by atoms with Crippen molar-refractivity contribution in [3.63, 3.8) is 0 Å². The zero-order chi connectivity index (χ0) is 18.6. The highest BCUT2D eigenvalue weighted by molar-refractivity contribution is 5.97.